The first-order valence-electron chi connectivity index (χ1n) is 5.69. The lowest BCUT2D eigenvalue weighted by molar-refractivity contribution is -0.137. The molecule has 0 spiro atoms. The first-order valence-corrected chi connectivity index (χ1v) is 7.50. The highest BCUT2D eigenvalue weighted by molar-refractivity contribution is 7.85. The number of hydrogen-bond acceptors (Lipinski definition) is 5. The van der Waals surface area contributed by atoms with Gasteiger partial charge in [0.1, 0.15) is 0 Å². The molecule has 0 amide bonds. The number of ether oxygens (including phenoxy) is 1. The molecule has 5 nitrogen and oxygen atoms in total. The number of carbonyl (C=O) groups excluding carboxylic acids is 1. The van der Waals surface area contributed by atoms with Gasteiger partial charge in [-0.1, -0.05) is 24.3 Å². The number of carbonyl (C=O) groups is 1. The van der Waals surface area contributed by atoms with Crippen molar-refractivity contribution in [2.45, 2.75) is 13.5 Å². The average Bonchev–Trinajstić information content (AvgIpc) is 2.34. The van der Waals surface area contributed by atoms with Crippen molar-refractivity contribution in [1.82, 2.24) is 0 Å². The van der Waals surface area contributed by atoms with E-state index >= 15 is 0 Å². The largest absolute Gasteiger partial charge is 0.463 e. The second-order valence-electron chi connectivity index (χ2n) is 3.79. The van der Waals surface area contributed by atoms with E-state index in [-0.39, 0.29) is 6.61 Å². The fourth-order valence-corrected chi connectivity index (χ4v) is 1.60. The Hall–Kier alpha value is -1.66. The third-order valence-corrected chi connectivity index (χ3v) is 2.66. The van der Waals surface area contributed by atoms with Crippen LogP contribution in [0.4, 0.5) is 0 Å². The first kappa shape index (κ1) is 15.4. The summed E-state index contributed by atoms with van der Waals surface area (Å²) in [5.41, 5.74) is 1.55. The van der Waals surface area contributed by atoms with Crippen molar-refractivity contribution >= 4 is 22.2 Å². The Bertz CT molecular complexity index is 543. The first-order chi connectivity index (χ1) is 8.90. The zero-order valence-electron chi connectivity index (χ0n) is 10.8. The summed E-state index contributed by atoms with van der Waals surface area (Å²) in [6, 6.07) is 6.99. The van der Waals surface area contributed by atoms with E-state index in [1.807, 2.05) is 0 Å². The van der Waals surface area contributed by atoms with Gasteiger partial charge in [0.25, 0.3) is 10.1 Å². The Balaban J connectivity index is 2.59. The van der Waals surface area contributed by atoms with Crippen LogP contribution in [-0.4, -0.2) is 27.2 Å². The normalized spacial score (nSPS) is 11.7. The summed E-state index contributed by atoms with van der Waals surface area (Å²) < 4.78 is 31.1. The molecule has 0 N–H and O–H groups in total. The predicted octanol–water partition coefficient (Wildman–Crippen LogP) is 1.74. The molecule has 0 aliphatic carbocycles. The SMILES string of the molecule is CCOC(=O)/C=C/c1ccc(COS(C)(=O)=O)cc1. The van der Waals surface area contributed by atoms with Gasteiger partial charge in [0, 0.05) is 6.08 Å². The summed E-state index contributed by atoms with van der Waals surface area (Å²) in [5, 5.41) is 0. The summed E-state index contributed by atoms with van der Waals surface area (Å²) in [6.07, 6.45) is 3.97. The summed E-state index contributed by atoms with van der Waals surface area (Å²) in [5.74, 6) is -0.396. The highest BCUT2D eigenvalue weighted by Crippen LogP contribution is 2.08. The van der Waals surface area contributed by atoms with Crippen LogP contribution in [0.2, 0.25) is 0 Å². The monoisotopic (exact) mass is 284 g/mol. The number of hydrogen-bond donors (Lipinski definition) is 0. The van der Waals surface area contributed by atoms with Gasteiger partial charge in [0.2, 0.25) is 0 Å². The van der Waals surface area contributed by atoms with Crippen LogP contribution in [0.3, 0.4) is 0 Å². The number of rotatable bonds is 6. The van der Waals surface area contributed by atoms with Gasteiger partial charge in [0.15, 0.2) is 0 Å². The molecule has 0 heterocycles. The summed E-state index contributed by atoms with van der Waals surface area (Å²) in [7, 11) is -3.44. The van der Waals surface area contributed by atoms with Gasteiger partial charge < -0.3 is 4.74 Å². The molecule has 1 rings (SSSR count). The Kier molecular flexibility index (Phi) is 5.72. The molecule has 0 fully saturated rings. The minimum Gasteiger partial charge on any atom is -0.463 e. The van der Waals surface area contributed by atoms with E-state index in [1.165, 1.54) is 6.08 Å². The highest BCUT2D eigenvalue weighted by atomic mass is 32.2. The van der Waals surface area contributed by atoms with E-state index in [2.05, 4.69) is 4.18 Å². The Morgan fingerprint density at radius 1 is 1.26 bits per heavy atom. The molecular weight excluding hydrogens is 268 g/mol. The number of esters is 1. The Labute approximate surface area is 113 Å². The van der Waals surface area contributed by atoms with Gasteiger partial charge in [-0.15, -0.1) is 0 Å². The van der Waals surface area contributed by atoms with Crippen LogP contribution < -0.4 is 0 Å². The van der Waals surface area contributed by atoms with Crippen LogP contribution >= 0.6 is 0 Å². The molecule has 0 radical (unpaired) electrons. The summed E-state index contributed by atoms with van der Waals surface area (Å²) >= 11 is 0. The summed E-state index contributed by atoms with van der Waals surface area (Å²) in [6.45, 7) is 2.08. The second-order valence-corrected chi connectivity index (χ2v) is 5.44. The second kappa shape index (κ2) is 7.06. The van der Waals surface area contributed by atoms with Crippen molar-refractivity contribution in [3.05, 3.63) is 41.5 Å². The fourth-order valence-electron chi connectivity index (χ4n) is 1.25. The van der Waals surface area contributed by atoms with Gasteiger partial charge in [-0.3, -0.25) is 4.18 Å². The quantitative estimate of drug-likeness (QED) is 0.452. The molecule has 19 heavy (non-hydrogen) atoms. The van der Waals surface area contributed by atoms with E-state index in [9.17, 15) is 13.2 Å². The standard InChI is InChI=1S/C13H16O5S/c1-3-17-13(14)9-8-11-4-6-12(7-5-11)10-18-19(2,15)16/h4-9H,3,10H2,1-2H3/b9-8+. The Morgan fingerprint density at radius 2 is 1.89 bits per heavy atom. The lowest BCUT2D eigenvalue weighted by Crippen LogP contribution is -2.02. The smallest absolute Gasteiger partial charge is 0.330 e. The average molecular weight is 284 g/mol. The van der Waals surface area contributed by atoms with Crippen molar-refractivity contribution in [2.75, 3.05) is 12.9 Å². The molecule has 1 aromatic carbocycles. The van der Waals surface area contributed by atoms with Gasteiger partial charge >= 0.3 is 5.97 Å². The van der Waals surface area contributed by atoms with Crippen LogP contribution in [-0.2, 0) is 30.4 Å². The van der Waals surface area contributed by atoms with Crippen molar-refractivity contribution < 1.29 is 22.1 Å². The topological polar surface area (TPSA) is 69.7 Å². The van der Waals surface area contributed by atoms with Crippen LogP contribution in [0.15, 0.2) is 30.3 Å². The van der Waals surface area contributed by atoms with Crippen LogP contribution in [0.1, 0.15) is 18.1 Å². The molecule has 1 aromatic rings. The van der Waals surface area contributed by atoms with E-state index in [1.54, 1.807) is 37.3 Å². The van der Waals surface area contributed by atoms with Gasteiger partial charge in [-0.25, -0.2) is 4.79 Å². The molecule has 104 valence electrons. The van der Waals surface area contributed by atoms with E-state index < -0.39 is 16.1 Å². The molecule has 0 aliphatic rings. The Morgan fingerprint density at radius 3 is 2.42 bits per heavy atom. The lowest BCUT2D eigenvalue weighted by Gasteiger charge is -2.02. The maximum atomic E-state index is 11.1. The number of benzene rings is 1. The molecule has 0 atom stereocenters. The molecule has 0 unspecified atom stereocenters. The molecule has 0 aromatic heterocycles. The van der Waals surface area contributed by atoms with Crippen LogP contribution in [0, 0.1) is 0 Å². The van der Waals surface area contributed by atoms with Crippen LogP contribution in [0.25, 0.3) is 6.08 Å². The van der Waals surface area contributed by atoms with Gasteiger partial charge in [-0.05, 0) is 24.1 Å². The third kappa shape index (κ3) is 6.73. The maximum Gasteiger partial charge on any atom is 0.330 e. The predicted molar refractivity (Wildman–Crippen MR) is 71.7 cm³/mol. The van der Waals surface area contributed by atoms with Crippen molar-refractivity contribution in [3.8, 4) is 0 Å². The minimum atomic E-state index is -3.44. The van der Waals surface area contributed by atoms with E-state index in [0.29, 0.717) is 6.61 Å². The van der Waals surface area contributed by atoms with Crippen LogP contribution in [0.5, 0.6) is 0 Å². The molecular formula is C13H16O5S. The van der Waals surface area contributed by atoms with Crippen molar-refractivity contribution in [2.24, 2.45) is 0 Å². The lowest BCUT2D eigenvalue weighted by atomic mass is 10.1. The zero-order valence-corrected chi connectivity index (χ0v) is 11.6. The molecule has 0 saturated carbocycles. The molecule has 0 bridgehead atoms. The maximum absolute atomic E-state index is 11.1. The molecule has 0 saturated heterocycles. The van der Waals surface area contributed by atoms with E-state index in [0.717, 1.165) is 17.4 Å². The van der Waals surface area contributed by atoms with Gasteiger partial charge in [-0.2, -0.15) is 8.42 Å². The molecule has 6 heteroatoms. The van der Waals surface area contributed by atoms with Gasteiger partial charge in [0.05, 0.1) is 19.5 Å². The van der Waals surface area contributed by atoms with E-state index in [4.69, 9.17) is 4.74 Å². The highest BCUT2D eigenvalue weighted by Gasteiger charge is 2.02. The zero-order chi connectivity index (χ0) is 14.3. The minimum absolute atomic E-state index is 0.000698. The van der Waals surface area contributed by atoms with Crippen molar-refractivity contribution in [1.29, 1.82) is 0 Å². The summed E-state index contributed by atoms with van der Waals surface area (Å²) in [4.78, 5) is 11.1. The third-order valence-electron chi connectivity index (χ3n) is 2.12. The molecule has 0 aliphatic heterocycles. The van der Waals surface area contributed by atoms with Crippen molar-refractivity contribution in [3.63, 3.8) is 0 Å². The fraction of sp³-hybridized carbons (Fsp3) is 0.308.